The predicted molar refractivity (Wildman–Crippen MR) is 70.9 cm³/mol. The summed E-state index contributed by atoms with van der Waals surface area (Å²) in [6.07, 6.45) is 6.93. The lowest BCUT2D eigenvalue weighted by molar-refractivity contribution is -0.665. The van der Waals surface area contributed by atoms with Gasteiger partial charge in [-0.25, -0.2) is 0 Å². The van der Waals surface area contributed by atoms with Crippen molar-refractivity contribution >= 4 is 17.2 Å². The number of aliphatic imine (C=N–C) groups is 1. The highest BCUT2D eigenvalue weighted by molar-refractivity contribution is 5.86. The Kier molecular flexibility index (Phi) is 4.29. The summed E-state index contributed by atoms with van der Waals surface area (Å²) in [4.78, 5) is 4.42. The molecule has 17 heavy (non-hydrogen) atoms. The van der Waals surface area contributed by atoms with Gasteiger partial charge in [-0.15, -0.1) is 0 Å². The molecule has 2 rings (SSSR count). The van der Waals surface area contributed by atoms with Crippen molar-refractivity contribution in [3.8, 4) is 0 Å². The monoisotopic (exact) mass is 232 g/mol. The standard InChI is InChI=1S/C14H20N2O/c1-2-3-4-5-6-11-14-15-12-9-7-8-10-13(12)16(14)17/h7-10,16H,2-6,11H2,1H3. The second-order valence-electron chi connectivity index (χ2n) is 4.57. The number of rotatable bonds is 6. The van der Waals surface area contributed by atoms with E-state index in [0.29, 0.717) is 0 Å². The molecule has 3 nitrogen and oxygen atoms in total. The number of quaternary nitrogens is 1. The van der Waals surface area contributed by atoms with Crippen LogP contribution in [0, 0.1) is 5.21 Å². The van der Waals surface area contributed by atoms with E-state index in [2.05, 4.69) is 11.9 Å². The van der Waals surface area contributed by atoms with Crippen LogP contribution in [0.1, 0.15) is 45.4 Å². The molecule has 1 N–H and O–H groups in total. The molecule has 0 amide bonds. The molecule has 1 aromatic rings. The van der Waals surface area contributed by atoms with Gasteiger partial charge in [0.05, 0.1) is 0 Å². The van der Waals surface area contributed by atoms with Crippen LogP contribution in [0.2, 0.25) is 0 Å². The van der Waals surface area contributed by atoms with Crippen LogP contribution < -0.4 is 5.06 Å². The SMILES string of the molecule is CCCCCCCC1=Nc2ccccc2[NH+]1[O-]. The Bertz CT molecular complexity index is 401. The lowest BCUT2D eigenvalue weighted by atomic mass is 10.1. The summed E-state index contributed by atoms with van der Waals surface area (Å²) < 4.78 is 0. The Morgan fingerprint density at radius 2 is 1.88 bits per heavy atom. The first kappa shape index (κ1) is 12.3. The summed E-state index contributed by atoms with van der Waals surface area (Å²) in [6, 6.07) is 7.61. The third kappa shape index (κ3) is 2.93. The first-order chi connectivity index (χ1) is 8.33. The molecule has 0 aromatic heterocycles. The molecule has 0 saturated carbocycles. The smallest absolute Gasteiger partial charge is 0.207 e. The second-order valence-corrected chi connectivity index (χ2v) is 4.57. The molecule has 1 heterocycles. The number of hydrogen-bond acceptors (Lipinski definition) is 2. The van der Waals surface area contributed by atoms with Gasteiger partial charge in [0, 0.05) is 12.5 Å². The van der Waals surface area contributed by atoms with Crippen molar-refractivity contribution in [2.24, 2.45) is 4.99 Å². The van der Waals surface area contributed by atoms with Gasteiger partial charge in [-0.1, -0.05) is 44.7 Å². The topological polar surface area (TPSA) is 39.9 Å². The summed E-state index contributed by atoms with van der Waals surface area (Å²) in [5.74, 6) is 0.752. The molecule has 1 atom stereocenters. The highest BCUT2D eigenvalue weighted by Crippen LogP contribution is 2.25. The fourth-order valence-electron chi connectivity index (χ4n) is 2.18. The minimum absolute atomic E-state index is 0.135. The Hall–Kier alpha value is -1.19. The van der Waals surface area contributed by atoms with Crippen molar-refractivity contribution in [3.63, 3.8) is 0 Å². The van der Waals surface area contributed by atoms with E-state index in [9.17, 15) is 5.21 Å². The average Bonchev–Trinajstić information content (AvgIpc) is 2.67. The van der Waals surface area contributed by atoms with Crippen LogP contribution in [0.25, 0.3) is 0 Å². The molecule has 1 aromatic carbocycles. The lowest BCUT2D eigenvalue weighted by Crippen LogP contribution is -3.03. The first-order valence-electron chi connectivity index (χ1n) is 6.54. The van der Waals surface area contributed by atoms with Gasteiger partial charge in [0.15, 0.2) is 5.69 Å². The van der Waals surface area contributed by atoms with Gasteiger partial charge in [0.25, 0.3) is 0 Å². The summed E-state index contributed by atoms with van der Waals surface area (Å²) in [6.45, 7) is 2.21. The average molecular weight is 232 g/mol. The molecule has 0 fully saturated rings. The van der Waals surface area contributed by atoms with E-state index in [4.69, 9.17) is 0 Å². The maximum absolute atomic E-state index is 12.0. The third-order valence-corrected chi connectivity index (χ3v) is 3.18. The lowest BCUT2D eigenvalue weighted by Gasteiger charge is -2.17. The maximum Gasteiger partial charge on any atom is 0.207 e. The first-order valence-corrected chi connectivity index (χ1v) is 6.54. The fraction of sp³-hybridized carbons (Fsp3) is 0.500. The summed E-state index contributed by atoms with van der Waals surface area (Å²) in [5, 5.41) is 12.1. The van der Waals surface area contributed by atoms with Crippen LogP contribution in [-0.2, 0) is 0 Å². The van der Waals surface area contributed by atoms with Gasteiger partial charge in [0.2, 0.25) is 5.84 Å². The molecule has 1 aliphatic rings. The summed E-state index contributed by atoms with van der Waals surface area (Å²) in [5.41, 5.74) is 1.62. The molecule has 0 spiro atoms. The van der Waals surface area contributed by atoms with Crippen LogP contribution in [0.5, 0.6) is 0 Å². The minimum atomic E-state index is 0.135. The number of para-hydroxylation sites is 2. The van der Waals surface area contributed by atoms with Crippen molar-refractivity contribution in [2.45, 2.75) is 45.4 Å². The Balaban J connectivity index is 1.84. The van der Waals surface area contributed by atoms with Crippen LogP contribution in [0.3, 0.4) is 0 Å². The predicted octanol–water partition coefficient (Wildman–Crippen LogP) is 3.10. The van der Waals surface area contributed by atoms with Crippen molar-refractivity contribution in [3.05, 3.63) is 29.5 Å². The number of nitrogens with zero attached hydrogens (tertiary/aromatic N) is 1. The molecule has 0 aliphatic carbocycles. The van der Waals surface area contributed by atoms with Gasteiger partial charge in [-0.2, -0.15) is 4.99 Å². The second kappa shape index (κ2) is 5.94. The van der Waals surface area contributed by atoms with Crippen molar-refractivity contribution in [1.82, 2.24) is 0 Å². The van der Waals surface area contributed by atoms with E-state index in [1.165, 1.54) is 25.7 Å². The number of hydrogen-bond donors (Lipinski definition) is 1. The third-order valence-electron chi connectivity index (χ3n) is 3.18. The molecule has 0 radical (unpaired) electrons. The molecule has 0 bridgehead atoms. The maximum atomic E-state index is 12.0. The number of unbranched alkanes of at least 4 members (excludes halogenated alkanes) is 4. The van der Waals surface area contributed by atoms with E-state index in [-0.39, 0.29) is 5.06 Å². The zero-order valence-corrected chi connectivity index (χ0v) is 10.4. The largest absolute Gasteiger partial charge is 0.622 e. The van der Waals surface area contributed by atoms with Crippen molar-refractivity contribution in [1.29, 1.82) is 0 Å². The Morgan fingerprint density at radius 3 is 2.65 bits per heavy atom. The molecule has 92 valence electrons. The molecular weight excluding hydrogens is 212 g/mol. The number of benzene rings is 1. The Morgan fingerprint density at radius 1 is 1.12 bits per heavy atom. The number of nitrogens with one attached hydrogen (secondary N) is 1. The van der Waals surface area contributed by atoms with Crippen LogP contribution in [0.15, 0.2) is 29.3 Å². The highest BCUT2D eigenvalue weighted by Gasteiger charge is 2.22. The minimum Gasteiger partial charge on any atom is -0.622 e. The number of fused-ring (bicyclic) bond motifs is 1. The zero-order chi connectivity index (χ0) is 12.1. The molecule has 1 unspecified atom stereocenters. The van der Waals surface area contributed by atoms with Gasteiger partial charge in [-0.3, -0.25) is 5.06 Å². The van der Waals surface area contributed by atoms with E-state index in [0.717, 1.165) is 30.1 Å². The van der Waals surface area contributed by atoms with Gasteiger partial charge in [-0.05, 0) is 12.5 Å². The molecule has 1 aliphatic heterocycles. The van der Waals surface area contributed by atoms with Gasteiger partial charge >= 0.3 is 0 Å². The quantitative estimate of drug-likeness (QED) is 0.594. The number of hydroxylamine groups is 1. The zero-order valence-electron chi connectivity index (χ0n) is 10.4. The highest BCUT2D eigenvalue weighted by atomic mass is 16.5. The van der Waals surface area contributed by atoms with E-state index < -0.39 is 0 Å². The van der Waals surface area contributed by atoms with Gasteiger partial charge < -0.3 is 5.21 Å². The molecule has 3 heteroatoms. The van der Waals surface area contributed by atoms with Gasteiger partial charge in [0.1, 0.15) is 5.69 Å². The van der Waals surface area contributed by atoms with Crippen molar-refractivity contribution in [2.75, 3.05) is 0 Å². The van der Waals surface area contributed by atoms with E-state index >= 15 is 0 Å². The van der Waals surface area contributed by atoms with Crippen LogP contribution in [-0.4, -0.2) is 5.84 Å². The van der Waals surface area contributed by atoms with E-state index in [1.807, 2.05) is 24.3 Å². The van der Waals surface area contributed by atoms with E-state index in [1.54, 1.807) is 0 Å². The molecule has 0 saturated heterocycles. The van der Waals surface area contributed by atoms with Crippen LogP contribution >= 0.6 is 0 Å². The summed E-state index contributed by atoms with van der Waals surface area (Å²) in [7, 11) is 0. The Labute approximate surface area is 103 Å². The van der Waals surface area contributed by atoms with Crippen LogP contribution in [0.4, 0.5) is 11.4 Å². The molecular formula is C14H20N2O. The summed E-state index contributed by atoms with van der Waals surface area (Å²) >= 11 is 0. The fourth-order valence-corrected chi connectivity index (χ4v) is 2.18. The van der Waals surface area contributed by atoms with Crippen molar-refractivity contribution < 1.29 is 5.06 Å². The number of amidine groups is 1. The normalized spacial score (nSPS) is 18.0.